The quantitative estimate of drug-likeness (QED) is 0.513. The van der Waals surface area contributed by atoms with Crippen LogP contribution in [0.25, 0.3) is 0 Å². The van der Waals surface area contributed by atoms with Crippen molar-refractivity contribution in [1.29, 1.82) is 0 Å². The Morgan fingerprint density at radius 3 is 2.45 bits per heavy atom. The largest absolute Gasteiger partial charge is 0.493 e. The van der Waals surface area contributed by atoms with Gasteiger partial charge in [0.15, 0.2) is 18.1 Å². The van der Waals surface area contributed by atoms with Crippen molar-refractivity contribution in [2.45, 2.75) is 19.3 Å². The number of anilines is 1. The van der Waals surface area contributed by atoms with Gasteiger partial charge in [0.2, 0.25) is 0 Å². The fourth-order valence-electron chi connectivity index (χ4n) is 3.33. The van der Waals surface area contributed by atoms with E-state index in [0.717, 1.165) is 32.4 Å². The molecule has 2 aromatic rings. The molecular formula is C21H24N4O6. The van der Waals surface area contributed by atoms with Gasteiger partial charge < -0.3 is 14.4 Å². The summed E-state index contributed by atoms with van der Waals surface area (Å²) < 4.78 is 10.5. The number of nitro groups is 1. The SMILES string of the molecule is COc1ccccc1OCC(=O)NNC(=O)c1ccc(N2CCCCC2)c([N+](=O)[O-])c1. The molecule has 2 aromatic carbocycles. The molecule has 2 N–H and O–H groups in total. The fourth-order valence-corrected chi connectivity index (χ4v) is 3.33. The summed E-state index contributed by atoms with van der Waals surface area (Å²) in [5.41, 5.74) is 4.90. The molecule has 0 spiro atoms. The first kappa shape index (κ1) is 21.9. The van der Waals surface area contributed by atoms with Crippen LogP contribution >= 0.6 is 0 Å². The molecule has 1 aliphatic rings. The number of amides is 2. The number of piperidine rings is 1. The van der Waals surface area contributed by atoms with Crippen LogP contribution < -0.4 is 25.2 Å². The maximum atomic E-state index is 12.4. The Labute approximate surface area is 179 Å². The van der Waals surface area contributed by atoms with Gasteiger partial charge in [-0.3, -0.25) is 30.6 Å². The standard InChI is InChI=1S/C21H24N4O6/c1-30-18-7-3-4-8-19(18)31-14-20(26)22-23-21(27)15-9-10-16(17(13-15)25(28)29)24-11-5-2-6-12-24/h3-4,7-10,13H,2,5-6,11-12,14H2,1H3,(H,22,26)(H,23,27). The number of rotatable bonds is 7. The minimum Gasteiger partial charge on any atom is -0.493 e. The van der Waals surface area contributed by atoms with E-state index >= 15 is 0 Å². The van der Waals surface area contributed by atoms with E-state index in [-0.39, 0.29) is 17.9 Å². The summed E-state index contributed by atoms with van der Waals surface area (Å²) in [7, 11) is 1.48. The van der Waals surface area contributed by atoms with Crippen LogP contribution in [0.2, 0.25) is 0 Å². The van der Waals surface area contributed by atoms with Crippen molar-refractivity contribution < 1.29 is 24.0 Å². The first-order chi connectivity index (χ1) is 15.0. The minimum atomic E-state index is -0.668. The van der Waals surface area contributed by atoms with Gasteiger partial charge in [-0.15, -0.1) is 0 Å². The molecule has 31 heavy (non-hydrogen) atoms. The Bertz CT molecular complexity index is 959. The zero-order valence-electron chi connectivity index (χ0n) is 17.1. The highest BCUT2D eigenvalue weighted by atomic mass is 16.6. The van der Waals surface area contributed by atoms with Crippen LogP contribution in [0.3, 0.4) is 0 Å². The van der Waals surface area contributed by atoms with Gasteiger partial charge in [0.05, 0.1) is 12.0 Å². The molecule has 164 valence electrons. The van der Waals surface area contributed by atoms with E-state index in [1.807, 2.05) is 4.90 Å². The number of hydrogen-bond acceptors (Lipinski definition) is 7. The van der Waals surface area contributed by atoms with Crippen molar-refractivity contribution in [1.82, 2.24) is 10.9 Å². The van der Waals surface area contributed by atoms with Crippen molar-refractivity contribution in [3.63, 3.8) is 0 Å². The van der Waals surface area contributed by atoms with Crippen LogP contribution in [-0.4, -0.2) is 43.5 Å². The Morgan fingerprint density at radius 2 is 1.77 bits per heavy atom. The molecule has 0 bridgehead atoms. The third-order valence-electron chi connectivity index (χ3n) is 4.87. The average molecular weight is 428 g/mol. The molecule has 1 saturated heterocycles. The summed E-state index contributed by atoms with van der Waals surface area (Å²) in [5, 5.41) is 11.5. The first-order valence-electron chi connectivity index (χ1n) is 9.88. The molecule has 1 heterocycles. The Hall–Kier alpha value is -3.82. The first-order valence-corrected chi connectivity index (χ1v) is 9.88. The number of hydrazine groups is 1. The molecule has 1 fully saturated rings. The second-order valence-corrected chi connectivity index (χ2v) is 6.95. The van der Waals surface area contributed by atoms with Crippen molar-refractivity contribution in [2.75, 3.05) is 31.7 Å². The zero-order valence-corrected chi connectivity index (χ0v) is 17.1. The number of methoxy groups -OCH3 is 1. The maximum absolute atomic E-state index is 12.4. The van der Waals surface area contributed by atoms with Gasteiger partial charge in [-0.05, 0) is 43.5 Å². The van der Waals surface area contributed by atoms with Crippen LogP contribution in [0.15, 0.2) is 42.5 Å². The molecule has 3 rings (SSSR count). The van der Waals surface area contributed by atoms with Gasteiger partial charge in [0, 0.05) is 24.7 Å². The third kappa shape index (κ3) is 5.62. The van der Waals surface area contributed by atoms with E-state index in [1.165, 1.54) is 19.2 Å². The molecule has 0 unspecified atom stereocenters. The smallest absolute Gasteiger partial charge is 0.293 e. The van der Waals surface area contributed by atoms with Crippen LogP contribution in [-0.2, 0) is 4.79 Å². The molecule has 0 atom stereocenters. The maximum Gasteiger partial charge on any atom is 0.293 e. The molecule has 0 radical (unpaired) electrons. The number of nitrogens with zero attached hydrogens (tertiary/aromatic N) is 2. The number of carbonyl (C=O) groups excluding carboxylic acids is 2. The van der Waals surface area contributed by atoms with Crippen LogP contribution in [0.1, 0.15) is 29.6 Å². The van der Waals surface area contributed by atoms with Crippen molar-refractivity contribution in [2.24, 2.45) is 0 Å². The lowest BCUT2D eigenvalue weighted by Gasteiger charge is -2.28. The summed E-state index contributed by atoms with van der Waals surface area (Å²) in [5.74, 6) is -0.409. The Kier molecular flexibility index (Phi) is 7.26. The van der Waals surface area contributed by atoms with Gasteiger partial charge in [-0.2, -0.15) is 0 Å². The second kappa shape index (κ2) is 10.3. The summed E-state index contributed by atoms with van der Waals surface area (Å²) in [6.07, 6.45) is 3.05. The van der Waals surface area contributed by atoms with E-state index in [1.54, 1.807) is 30.3 Å². The zero-order chi connectivity index (χ0) is 22.2. The van der Waals surface area contributed by atoms with Crippen molar-refractivity contribution in [3.05, 3.63) is 58.1 Å². The minimum absolute atomic E-state index is 0.0680. The van der Waals surface area contributed by atoms with Gasteiger partial charge in [0.25, 0.3) is 17.5 Å². The summed E-state index contributed by atoms with van der Waals surface area (Å²) in [4.78, 5) is 37.3. The molecule has 1 aliphatic heterocycles. The monoisotopic (exact) mass is 428 g/mol. The van der Waals surface area contributed by atoms with E-state index < -0.39 is 16.7 Å². The normalized spacial score (nSPS) is 13.3. The van der Waals surface area contributed by atoms with Crippen molar-refractivity contribution >= 4 is 23.2 Å². The predicted molar refractivity (Wildman–Crippen MR) is 113 cm³/mol. The van der Waals surface area contributed by atoms with Crippen LogP contribution in [0.5, 0.6) is 11.5 Å². The topological polar surface area (TPSA) is 123 Å². The number of ether oxygens (including phenoxy) is 2. The molecule has 10 nitrogen and oxygen atoms in total. The number of nitro benzene ring substituents is 1. The van der Waals surface area contributed by atoms with Gasteiger partial charge in [-0.1, -0.05) is 12.1 Å². The Morgan fingerprint density at radius 1 is 1.06 bits per heavy atom. The van der Waals surface area contributed by atoms with E-state index in [9.17, 15) is 19.7 Å². The van der Waals surface area contributed by atoms with Gasteiger partial charge in [0.1, 0.15) is 5.69 Å². The van der Waals surface area contributed by atoms with E-state index in [2.05, 4.69) is 10.9 Å². The van der Waals surface area contributed by atoms with Crippen LogP contribution in [0, 0.1) is 10.1 Å². The fraction of sp³-hybridized carbons (Fsp3) is 0.333. The second-order valence-electron chi connectivity index (χ2n) is 6.95. The highest BCUT2D eigenvalue weighted by molar-refractivity contribution is 5.96. The van der Waals surface area contributed by atoms with Crippen LogP contribution in [0.4, 0.5) is 11.4 Å². The molecular weight excluding hydrogens is 404 g/mol. The third-order valence-corrected chi connectivity index (χ3v) is 4.87. The average Bonchev–Trinajstić information content (AvgIpc) is 2.81. The number of nitrogens with one attached hydrogen (secondary N) is 2. The molecule has 0 aliphatic carbocycles. The summed E-state index contributed by atoms with van der Waals surface area (Å²) >= 11 is 0. The summed E-state index contributed by atoms with van der Waals surface area (Å²) in [6.45, 7) is 1.14. The lowest BCUT2D eigenvalue weighted by Crippen LogP contribution is -2.43. The predicted octanol–water partition coefficient (Wildman–Crippen LogP) is 2.43. The number of para-hydroxylation sites is 2. The lowest BCUT2D eigenvalue weighted by molar-refractivity contribution is -0.384. The number of carbonyl (C=O) groups is 2. The summed E-state index contributed by atoms with van der Waals surface area (Å²) in [6, 6.07) is 11.1. The van der Waals surface area contributed by atoms with E-state index in [4.69, 9.17) is 9.47 Å². The number of benzene rings is 2. The van der Waals surface area contributed by atoms with E-state index in [0.29, 0.717) is 17.2 Å². The highest BCUT2D eigenvalue weighted by Gasteiger charge is 2.23. The molecule has 10 heteroatoms. The van der Waals surface area contributed by atoms with Gasteiger partial charge >= 0.3 is 0 Å². The number of hydrogen-bond donors (Lipinski definition) is 2. The van der Waals surface area contributed by atoms with Crippen molar-refractivity contribution in [3.8, 4) is 11.5 Å². The molecule has 0 saturated carbocycles. The lowest BCUT2D eigenvalue weighted by atomic mass is 10.1. The van der Waals surface area contributed by atoms with Gasteiger partial charge in [-0.25, -0.2) is 0 Å². The molecule has 2 amide bonds. The Balaban J connectivity index is 1.59. The molecule has 0 aromatic heterocycles. The highest BCUT2D eigenvalue weighted by Crippen LogP contribution is 2.31.